The zero-order valence-corrected chi connectivity index (χ0v) is 25.6. The lowest BCUT2D eigenvalue weighted by Crippen LogP contribution is -2.29. The number of nitrogens with zero attached hydrogens (tertiary/aromatic N) is 3. The van der Waals surface area contributed by atoms with Crippen LogP contribution >= 0.6 is 0 Å². The van der Waals surface area contributed by atoms with Crippen LogP contribution in [0.5, 0.6) is 5.75 Å². The quantitative estimate of drug-likeness (QED) is 0.124. The monoisotopic (exact) mass is 607 g/mol. The average Bonchev–Trinajstić information content (AvgIpc) is 3.20. The first kappa shape index (κ1) is 29.1. The van der Waals surface area contributed by atoms with Gasteiger partial charge in [-0.3, -0.25) is 0 Å². The number of allylic oxidation sites excluding steroid dienone is 5. The molecule has 226 valence electrons. The van der Waals surface area contributed by atoms with Crippen molar-refractivity contribution in [3.8, 4) is 28.0 Å². The third kappa shape index (κ3) is 4.92. The van der Waals surface area contributed by atoms with Crippen LogP contribution in [0.25, 0.3) is 39.1 Å². The normalized spacial score (nSPS) is 16.3. The zero-order chi connectivity index (χ0) is 32.0. The highest BCUT2D eigenvalue weighted by molar-refractivity contribution is 6.02. The summed E-state index contributed by atoms with van der Waals surface area (Å²) in [6.07, 6.45) is 8.62. The fourth-order valence-corrected chi connectivity index (χ4v) is 6.39. The maximum absolute atomic E-state index is 14.6. The van der Waals surface area contributed by atoms with Crippen LogP contribution in [-0.2, 0) is 5.41 Å². The molecule has 0 fully saturated rings. The third-order valence-corrected chi connectivity index (χ3v) is 8.79. The van der Waals surface area contributed by atoms with Crippen molar-refractivity contribution >= 4 is 29.4 Å². The Labute approximate surface area is 267 Å². The van der Waals surface area contributed by atoms with Gasteiger partial charge in [-0.05, 0) is 93.7 Å². The summed E-state index contributed by atoms with van der Waals surface area (Å²) in [6.45, 7) is 11.1. The number of aliphatic imine (C=N–C) groups is 2. The number of alkyl halides is 1. The summed E-state index contributed by atoms with van der Waals surface area (Å²) < 4.78 is 27.6. The van der Waals surface area contributed by atoms with Gasteiger partial charge in [-0.15, -0.1) is 0 Å². The third-order valence-electron chi connectivity index (χ3n) is 8.79. The Hall–Kier alpha value is -5.62. The SMILES string of the molecule is C=N/C(F)=C(\C=C/CF)c1ccc2c(c1)C(C)(C)c1cc(-c3cccc(C4=CN5Oc6ccccc6C(=C)N=C5C=C4)c3)ccc1-2. The minimum atomic E-state index is -0.732. The molecule has 0 saturated carbocycles. The van der Waals surface area contributed by atoms with E-state index >= 15 is 0 Å². The van der Waals surface area contributed by atoms with E-state index in [0.29, 0.717) is 22.8 Å². The topological polar surface area (TPSA) is 37.2 Å². The molecule has 0 bridgehead atoms. The molecule has 0 spiro atoms. The average molecular weight is 608 g/mol. The smallest absolute Gasteiger partial charge is 0.220 e. The maximum Gasteiger partial charge on any atom is 0.220 e. The van der Waals surface area contributed by atoms with Crippen LogP contribution in [0, 0.1) is 0 Å². The number of rotatable bonds is 6. The highest BCUT2D eigenvalue weighted by Gasteiger charge is 2.36. The van der Waals surface area contributed by atoms with E-state index in [2.05, 4.69) is 79.6 Å². The molecule has 3 aliphatic rings. The summed E-state index contributed by atoms with van der Waals surface area (Å²) in [5, 5.41) is 1.69. The second-order valence-electron chi connectivity index (χ2n) is 11.9. The summed E-state index contributed by atoms with van der Waals surface area (Å²) >= 11 is 0. The van der Waals surface area contributed by atoms with E-state index in [1.807, 2.05) is 60.8 Å². The van der Waals surface area contributed by atoms with Crippen LogP contribution in [-0.4, -0.2) is 24.3 Å². The van der Waals surface area contributed by atoms with Crippen molar-refractivity contribution in [2.45, 2.75) is 19.3 Å². The molecule has 1 aliphatic carbocycles. The lowest BCUT2D eigenvalue weighted by Gasteiger charge is -2.23. The Kier molecular flexibility index (Phi) is 7.20. The van der Waals surface area contributed by atoms with Crippen LogP contribution < -0.4 is 4.84 Å². The highest BCUT2D eigenvalue weighted by Crippen LogP contribution is 2.50. The molecular weight excluding hydrogens is 576 g/mol. The van der Waals surface area contributed by atoms with E-state index in [4.69, 9.17) is 4.84 Å². The minimum absolute atomic E-state index is 0.212. The van der Waals surface area contributed by atoms with Gasteiger partial charge in [-0.2, -0.15) is 9.45 Å². The van der Waals surface area contributed by atoms with Crippen LogP contribution in [0.3, 0.4) is 0 Å². The van der Waals surface area contributed by atoms with Crippen molar-refractivity contribution < 1.29 is 13.6 Å². The van der Waals surface area contributed by atoms with E-state index in [9.17, 15) is 8.78 Å². The second kappa shape index (κ2) is 11.4. The molecule has 4 nitrogen and oxygen atoms in total. The molecule has 2 aliphatic heterocycles. The van der Waals surface area contributed by atoms with Crippen LogP contribution in [0.2, 0.25) is 0 Å². The standard InChI is InChI=1S/C40H31F2N3O/c1-25-31-11-5-6-13-37(31)46-45-24-30(16-19-38(45)44-25)27-10-7-9-26(21-27)28-14-17-33-34-18-15-29(32(12-8-20-41)39(42)43-4)23-36(34)40(2,3)35(33)22-28/h5-19,21-24H,1,4,20H2,2-3H3/b12-8-,39-32+. The molecule has 0 radical (unpaired) electrons. The lowest BCUT2D eigenvalue weighted by atomic mass is 9.80. The number of hydrogen-bond donors (Lipinski definition) is 0. The Morgan fingerprint density at radius 1 is 0.891 bits per heavy atom. The number of hydroxylamine groups is 2. The van der Waals surface area contributed by atoms with Gasteiger partial charge >= 0.3 is 0 Å². The molecule has 4 aromatic carbocycles. The van der Waals surface area contributed by atoms with Gasteiger partial charge in [0.2, 0.25) is 5.95 Å². The molecule has 0 amide bonds. The Bertz CT molecular complexity index is 2100. The highest BCUT2D eigenvalue weighted by atomic mass is 19.1. The lowest BCUT2D eigenvalue weighted by molar-refractivity contribution is 0.0742. The number of benzene rings is 4. The summed E-state index contributed by atoms with van der Waals surface area (Å²) in [4.78, 5) is 14.4. The first-order valence-electron chi connectivity index (χ1n) is 15.0. The van der Waals surface area contributed by atoms with Crippen LogP contribution in [0.15, 0.2) is 138 Å². The van der Waals surface area contributed by atoms with Crippen LogP contribution in [0.4, 0.5) is 8.78 Å². The summed E-state index contributed by atoms with van der Waals surface area (Å²) in [6, 6.07) is 28.6. The second-order valence-corrected chi connectivity index (χ2v) is 11.9. The molecule has 46 heavy (non-hydrogen) atoms. The Morgan fingerprint density at radius 3 is 2.43 bits per heavy atom. The first-order valence-corrected chi connectivity index (χ1v) is 15.0. The largest absolute Gasteiger partial charge is 0.373 e. The number of hydrogen-bond acceptors (Lipinski definition) is 4. The number of amidine groups is 1. The fraction of sp³-hybridized carbons (Fsp3) is 0.100. The van der Waals surface area contributed by atoms with Gasteiger partial charge in [-0.25, -0.2) is 14.4 Å². The van der Waals surface area contributed by atoms with Gasteiger partial charge in [-0.1, -0.05) is 87.2 Å². The number of fused-ring (bicyclic) bond motifs is 5. The van der Waals surface area contributed by atoms with Gasteiger partial charge in [0.15, 0.2) is 11.6 Å². The van der Waals surface area contributed by atoms with Crippen LogP contribution in [0.1, 0.15) is 41.7 Å². The molecule has 2 heterocycles. The van der Waals surface area contributed by atoms with Crippen molar-refractivity contribution in [2.24, 2.45) is 9.98 Å². The van der Waals surface area contributed by atoms with E-state index in [1.165, 1.54) is 17.7 Å². The van der Waals surface area contributed by atoms with Gasteiger partial charge < -0.3 is 4.84 Å². The van der Waals surface area contributed by atoms with Gasteiger partial charge in [0.25, 0.3) is 0 Å². The molecule has 7 rings (SSSR count). The van der Waals surface area contributed by atoms with Gasteiger partial charge in [0, 0.05) is 22.1 Å². The van der Waals surface area contributed by atoms with Crippen molar-refractivity contribution in [1.82, 2.24) is 5.06 Å². The predicted octanol–water partition coefficient (Wildman–Crippen LogP) is 10.1. The molecule has 4 aromatic rings. The first-order chi connectivity index (χ1) is 22.3. The minimum Gasteiger partial charge on any atom is -0.373 e. The van der Waals surface area contributed by atoms with Gasteiger partial charge in [0.05, 0.1) is 11.9 Å². The van der Waals surface area contributed by atoms with E-state index < -0.39 is 12.6 Å². The molecule has 0 atom stereocenters. The Morgan fingerprint density at radius 2 is 1.63 bits per heavy atom. The number of halogens is 2. The molecule has 0 N–H and O–H groups in total. The molecule has 6 heteroatoms. The van der Waals surface area contributed by atoms with E-state index in [0.717, 1.165) is 44.5 Å². The van der Waals surface area contributed by atoms with Crippen molar-refractivity contribution in [3.63, 3.8) is 0 Å². The molecule has 0 aromatic heterocycles. The zero-order valence-electron chi connectivity index (χ0n) is 25.6. The molecular formula is C40H31F2N3O. The maximum atomic E-state index is 14.6. The Balaban J connectivity index is 1.22. The summed E-state index contributed by atoms with van der Waals surface area (Å²) in [5.41, 5.74) is 10.7. The van der Waals surface area contributed by atoms with E-state index in [1.54, 1.807) is 5.06 Å². The number of para-hydroxylation sites is 1. The van der Waals surface area contributed by atoms with Crippen molar-refractivity contribution in [1.29, 1.82) is 0 Å². The molecule has 0 unspecified atom stereocenters. The fourth-order valence-electron chi connectivity index (χ4n) is 6.39. The summed E-state index contributed by atoms with van der Waals surface area (Å²) in [5.74, 6) is 0.629. The van der Waals surface area contributed by atoms with Gasteiger partial charge in [0.1, 0.15) is 6.67 Å². The predicted molar refractivity (Wildman–Crippen MR) is 185 cm³/mol. The van der Waals surface area contributed by atoms with Crippen molar-refractivity contribution in [2.75, 3.05) is 6.67 Å². The summed E-state index contributed by atoms with van der Waals surface area (Å²) in [7, 11) is 0. The van der Waals surface area contributed by atoms with Crippen molar-refractivity contribution in [3.05, 3.63) is 156 Å². The van der Waals surface area contributed by atoms with E-state index in [-0.39, 0.29) is 11.0 Å². The molecule has 0 saturated heterocycles.